The zero-order chi connectivity index (χ0) is 16.8. The minimum atomic E-state index is -0.837. The first kappa shape index (κ1) is 16.1. The Morgan fingerprint density at radius 1 is 1.26 bits per heavy atom. The van der Waals surface area contributed by atoms with E-state index in [9.17, 15) is 19.8 Å². The number of anilines is 1. The normalized spacial score (nSPS) is 9.96. The van der Waals surface area contributed by atoms with E-state index in [0.717, 1.165) is 0 Å². The highest BCUT2D eigenvalue weighted by molar-refractivity contribution is 5.91. The first-order valence-corrected chi connectivity index (χ1v) is 6.72. The van der Waals surface area contributed by atoms with Crippen molar-refractivity contribution >= 4 is 17.4 Å². The first-order valence-electron chi connectivity index (χ1n) is 6.72. The summed E-state index contributed by atoms with van der Waals surface area (Å²) in [4.78, 5) is 33.4. The molecule has 0 radical (unpaired) electrons. The van der Waals surface area contributed by atoms with Crippen molar-refractivity contribution in [1.82, 2.24) is 5.01 Å². The predicted molar refractivity (Wildman–Crippen MR) is 84.6 cm³/mol. The fourth-order valence-electron chi connectivity index (χ4n) is 1.97. The number of amides is 2. The molecule has 23 heavy (non-hydrogen) atoms. The van der Waals surface area contributed by atoms with Crippen LogP contribution < -0.4 is 5.32 Å². The molecule has 1 N–H and O–H groups in total. The maximum atomic E-state index is 12.1. The summed E-state index contributed by atoms with van der Waals surface area (Å²) in [5.74, 6) is 0. The van der Waals surface area contributed by atoms with Crippen molar-refractivity contribution in [1.29, 1.82) is 0 Å². The van der Waals surface area contributed by atoms with Gasteiger partial charge >= 0.3 is 6.03 Å². The van der Waals surface area contributed by atoms with E-state index in [-0.39, 0.29) is 17.9 Å². The molecule has 0 unspecified atom stereocenters. The molecular formula is C15H14N4O4. The van der Waals surface area contributed by atoms with Crippen LogP contribution in [0.15, 0.2) is 53.8 Å². The Balaban J connectivity index is 2.17. The summed E-state index contributed by atoms with van der Waals surface area (Å²) in [7, 11) is 0. The van der Waals surface area contributed by atoms with Crippen LogP contribution in [-0.2, 0) is 6.54 Å². The smallest absolute Gasteiger partial charge is 0.300 e. The number of urea groups is 1. The Morgan fingerprint density at radius 2 is 1.96 bits per heavy atom. The third-order valence-corrected chi connectivity index (χ3v) is 3.10. The molecular weight excluding hydrogens is 300 g/mol. The maximum Gasteiger partial charge on any atom is 0.345 e. The molecule has 2 aromatic carbocycles. The number of hydrogen-bond acceptors (Lipinski definition) is 5. The van der Waals surface area contributed by atoms with Crippen molar-refractivity contribution in [2.75, 3.05) is 5.32 Å². The van der Waals surface area contributed by atoms with Gasteiger partial charge in [0.2, 0.25) is 0 Å². The lowest BCUT2D eigenvalue weighted by Gasteiger charge is -2.14. The van der Waals surface area contributed by atoms with Crippen LogP contribution in [-0.4, -0.2) is 16.0 Å². The van der Waals surface area contributed by atoms with E-state index in [4.69, 9.17) is 0 Å². The molecule has 2 rings (SSSR count). The second-order valence-electron chi connectivity index (χ2n) is 4.83. The van der Waals surface area contributed by atoms with Gasteiger partial charge in [-0.25, -0.2) is 4.79 Å². The van der Waals surface area contributed by atoms with Gasteiger partial charge in [0.25, 0.3) is 5.69 Å². The molecule has 0 fully saturated rings. The van der Waals surface area contributed by atoms with E-state index < -0.39 is 11.0 Å². The Morgan fingerprint density at radius 3 is 2.57 bits per heavy atom. The molecule has 0 heterocycles. The van der Waals surface area contributed by atoms with Gasteiger partial charge in [0.15, 0.2) is 0 Å². The Hall–Kier alpha value is -3.29. The molecule has 0 aromatic heterocycles. The van der Waals surface area contributed by atoms with Gasteiger partial charge in [0, 0.05) is 6.07 Å². The fourth-order valence-corrected chi connectivity index (χ4v) is 1.97. The number of hydrogen-bond donors (Lipinski definition) is 1. The largest absolute Gasteiger partial charge is 0.345 e. The topological polar surface area (TPSA) is 105 Å². The third-order valence-electron chi connectivity index (χ3n) is 3.10. The summed E-state index contributed by atoms with van der Waals surface area (Å²) in [5, 5.41) is 16.7. The van der Waals surface area contributed by atoms with Gasteiger partial charge < -0.3 is 5.32 Å². The van der Waals surface area contributed by atoms with E-state index in [0.29, 0.717) is 16.1 Å². The van der Waals surface area contributed by atoms with Crippen molar-refractivity contribution < 1.29 is 9.72 Å². The number of nitro benzene ring substituents is 1. The Labute approximate surface area is 131 Å². The Kier molecular flexibility index (Phi) is 4.98. The van der Waals surface area contributed by atoms with Gasteiger partial charge in [-0.2, -0.15) is 5.01 Å². The quantitative estimate of drug-likeness (QED) is 0.517. The second-order valence-corrected chi connectivity index (χ2v) is 4.83. The number of aryl methyl sites for hydroxylation is 1. The summed E-state index contributed by atoms with van der Waals surface area (Å²) in [5.41, 5.74) is 1.15. The van der Waals surface area contributed by atoms with Gasteiger partial charge in [0.05, 0.1) is 16.8 Å². The van der Waals surface area contributed by atoms with Crippen LogP contribution in [0.3, 0.4) is 0 Å². The van der Waals surface area contributed by atoms with E-state index in [2.05, 4.69) is 10.6 Å². The third kappa shape index (κ3) is 4.10. The van der Waals surface area contributed by atoms with Gasteiger partial charge in [-0.3, -0.25) is 10.1 Å². The van der Waals surface area contributed by atoms with Gasteiger partial charge in [-0.15, -0.1) is 4.91 Å². The van der Waals surface area contributed by atoms with Crippen molar-refractivity contribution in [2.24, 2.45) is 5.29 Å². The van der Waals surface area contributed by atoms with Gasteiger partial charge in [-0.1, -0.05) is 36.4 Å². The summed E-state index contributed by atoms with van der Waals surface area (Å²) in [6, 6.07) is 12.3. The standard InChI is InChI=1S/C15H14N4O4/c1-11-7-8-13(14(9-11)19(22)23)16-15(20)18(17-21)10-12-5-3-2-4-6-12/h2-9H,10H2,1H3,(H,16,20). The lowest BCUT2D eigenvalue weighted by molar-refractivity contribution is -0.384. The van der Waals surface area contributed by atoms with Crippen molar-refractivity contribution in [3.05, 3.63) is 74.7 Å². The van der Waals surface area contributed by atoms with Crippen LogP contribution in [0.5, 0.6) is 0 Å². The molecule has 8 heteroatoms. The van der Waals surface area contributed by atoms with Crippen molar-refractivity contribution in [3.8, 4) is 0 Å². The number of carbonyl (C=O) groups excluding carboxylic acids is 1. The summed E-state index contributed by atoms with van der Waals surface area (Å²) in [6.45, 7) is 1.67. The SMILES string of the molecule is Cc1ccc(NC(=O)N(Cc2ccccc2)N=O)c([N+](=O)[O-])c1. The average Bonchev–Trinajstić information content (AvgIpc) is 2.55. The average molecular weight is 314 g/mol. The predicted octanol–water partition coefficient (Wildman–Crippen LogP) is 3.62. The monoisotopic (exact) mass is 314 g/mol. The number of nitro groups is 1. The molecule has 0 aliphatic rings. The van der Waals surface area contributed by atoms with E-state index >= 15 is 0 Å². The molecule has 2 aromatic rings. The molecule has 0 saturated heterocycles. The lowest BCUT2D eigenvalue weighted by atomic mass is 10.2. The summed E-state index contributed by atoms with van der Waals surface area (Å²) >= 11 is 0. The van der Waals surface area contributed by atoms with E-state index in [1.807, 2.05) is 0 Å². The number of benzene rings is 2. The lowest BCUT2D eigenvalue weighted by Crippen LogP contribution is -2.30. The van der Waals surface area contributed by atoms with Crippen molar-refractivity contribution in [2.45, 2.75) is 13.5 Å². The van der Waals surface area contributed by atoms with Crippen LogP contribution in [0, 0.1) is 21.9 Å². The number of nitrogens with one attached hydrogen (secondary N) is 1. The highest BCUT2D eigenvalue weighted by Gasteiger charge is 2.20. The number of nitroso groups, excluding NO2 is 1. The second kappa shape index (κ2) is 7.12. The molecule has 8 nitrogen and oxygen atoms in total. The van der Waals surface area contributed by atoms with Crippen LogP contribution in [0.1, 0.15) is 11.1 Å². The molecule has 0 aliphatic heterocycles. The number of rotatable bonds is 5. The molecule has 0 atom stereocenters. The van der Waals surface area contributed by atoms with Crippen LogP contribution in [0.25, 0.3) is 0 Å². The Bertz CT molecular complexity index is 734. The first-order chi connectivity index (χ1) is 11.0. The van der Waals surface area contributed by atoms with Crippen LogP contribution in [0.4, 0.5) is 16.2 Å². The maximum absolute atomic E-state index is 12.1. The number of nitrogens with zero attached hydrogens (tertiary/aromatic N) is 3. The van der Waals surface area contributed by atoms with Crippen LogP contribution in [0.2, 0.25) is 0 Å². The molecule has 2 amide bonds. The highest BCUT2D eigenvalue weighted by Crippen LogP contribution is 2.25. The molecule has 0 bridgehead atoms. The van der Waals surface area contributed by atoms with Crippen LogP contribution >= 0.6 is 0 Å². The van der Waals surface area contributed by atoms with Crippen molar-refractivity contribution in [3.63, 3.8) is 0 Å². The minimum absolute atomic E-state index is 0.00677. The molecule has 118 valence electrons. The van der Waals surface area contributed by atoms with E-state index in [1.165, 1.54) is 12.1 Å². The van der Waals surface area contributed by atoms with Gasteiger partial charge in [0.1, 0.15) is 5.69 Å². The summed E-state index contributed by atoms with van der Waals surface area (Å²) < 4.78 is 0. The molecule has 0 spiro atoms. The fraction of sp³-hybridized carbons (Fsp3) is 0.133. The highest BCUT2D eigenvalue weighted by atomic mass is 16.6. The van der Waals surface area contributed by atoms with Gasteiger partial charge in [-0.05, 0) is 24.1 Å². The number of carbonyl (C=O) groups is 1. The minimum Gasteiger partial charge on any atom is -0.300 e. The zero-order valence-corrected chi connectivity index (χ0v) is 12.3. The van der Waals surface area contributed by atoms with E-state index in [1.54, 1.807) is 43.3 Å². The molecule has 0 saturated carbocycles. The summed E-state index contributed by atoms with van der Waals surface area (Å²) in [6.07, 6.45) is 0. The molecule has 0 aliphatic carbocycles. The zero-order valence-electron chi connectivity index (χ0n) is 12.3.